The number of nitrogens with one attached hydrogen (secondary N) is 1. The number of anilines is 4. The van der Waals surface area contributed by atoms with Crippen LogP contribution >= 0.6 is 0 Å². The minimum Gasteiger partial charge on any atom is -0.465 e. The van der Waals surface area contributed by atoms with Gasteiger partial charge in [-0.25, -0.2) is 14.4 Å². The number of esters is 2. The second-order valence-electron chi connectivity index (χ2n) is 15.0. The fourth-order valence-electron chi connectivity index (χ4n) is 7.32. The molecular weight excluding hydrogens is 775 g/mol. The maximum absolute atomic E-state index is 13.5. The molecule has 1 N–H and O–H groups in total. The SMILES string of the molecule is COC(=O)c1ccc(CN(C(=O)N2CCN(c3ccccc3)CC2)c2ccccc2)cc1.COC(=O)c1ccc(CNc2ccccc2)cc1.c1ccc(N2CCCCC2)cc1. The summed E-state index contributed by atoms with van der Waals surface area (Å²) in [6.07, 6.45) is 4.12. The highest BCUT2D eigenvalue weighted by Crippen LogP contribution is 2.23. The number of methoxy groups -OCH3 is 2. The van der Waals surface area contributed by atoms with Gasteiger partial charge < -0.3 is 29.5 Å². The Hall–Kier alpha value is -7.07. The summed E-state index contributed by atoms with van der Waals surface area (Å²) in [6.45, 7) is 6.55. The second kappa shape index (κ2) is 23.6. The molecule has 0 radical (unpaired) electrons. The van der Waals surface area contributed by atoms with Gasteiger partial charge in [-0.2, -0.15) is 0 Å². The first-order valence-corrected chi connectivity index (χ1v) is 21.3. The van der Waals surface area contributed by atoms with Crippen molar-refractivity contribution in [1.82, 2.24) is 4.90 Å². The normalized spacial score (nSPS) is 13.3. The molecule has 2 saturated heterocycles. The summed E-state index contributed by atoms with van der Waals surface area (Å²) in [7, 11) is 2.75. The summed E-state index contributed by atoms with van der Waals surface area (Å²) in [5, 5.41) is 3.31. The third kappa shape index (κ3) is 13.2. The van der Waals surface area contributed by atoms with Gasteiger partial charge in [0, 0.05) is 68.6 Å². The molecule has 6 aromatic carbocycles. The van der Waals surface area contributed by atoms with Gasteiger partial charge in [0.1, 0.15) is 0 Å². The predicted molar refractivity (Wildman–Crippen MR) is 250 cm³/mol. The summed E-state index contributed by atoms with van der Waals surface area (Å²) in [4.78, 5) is 45.0. The van der Waals surface area contributed by atoms with Crippen molar-refractivity contribution in [2.75, 3.05) is 73.5 Å². The molecule has 0 unspecified atom stereocenters. The fraction of sp³-hybridized carbons (Fsp3) is 0.250. The molecule has 2 aliphatic heterocycles. The minimum atomic E-state index is -0.371. The number of urea groups is 1. The highest BCUT2D eigenvalue weighted by atomic mass is 16.5. The Morgan fingerprint density at radius 3 is 1.42 bits per heavy atom. The smallest absolute Gasteiger partial charge is 0.337 e. The molecule has 0 atom stereocenters. The van der Waals surface area contributed by atoms with Gasteiger partial charge >= 0.3 is 18.0 Å². The van der Waals surface area contributed by atoms with Crippen LogP contribution in [0.3, 0.4) is 0 Å². The van der Waals surface area contributed by atoms with Gasteiger partial charge in [-0.15, -0.1) is 0 Å². The molecule has 0 saturated carbocycles. The van der Waals surface area contributed by atoms with E-state index in [0.717, 1.165) is 42.1 Å². The second-order valence-corrected chi connectivity index (χ2v) is 15.0. The Balaban J connectivity index is 0.000000178. The van der Waals surface area contributed by atoms with Crippen LogP contribution in [0.5, 0.6) is 0 Å². The Bertz CT molecular complexity index is 2230. The van der Waals surface area contributed by atoms with E-state index in [9.17, 15) is 14.4 Å². The number of ether oxygens (including phenoxy) is 2. The number of rotatable bonds is 10. The van der Waals surface area contributed by atoms with Crippen LogP contribution < -0.4 is 20.0 Å². The Morgan fingerprint density at radius 1 is 0.500 bits per heavy atom. The topological polar surface area (TPSA) is 94.7 Å². The maximum atomic E-state index is 13.5. The lowest BCUT2D eigenvalue weighted by molar-refractivity contribution is 0.0592. The number of amides is 2. The maximum Gasteiger partial charge on any atom is 0.337 e. The van der Waals surface area contributed by atoms with Crippen molar-refractivity contribution >= 4 is 40.7 Å². The summed E-state index contributed by atoms with van der Waals surface area (Å²) < 4.78 is 9.42. The standard InChI is InChI=1S/C26H27N3O3.C15H15NO2.C11H15N/c1-32-25(30)22-14-12-21(13-15-22)20-29(24-10-6-3-7-11-24)26(31)28-18-16-27(17-19-28)23-8-4-2-5-9-23;1-18-15(17)13-9-7-12(8-10-13)11-16-14-5-3-2-4-6-14;1-3-7-11(8-4-1)12-9-5-2-6-10-12/h2-15H,16-20H2,1H3;2-10,16H,11H2,1H3;1,3-4,7-8H,2,5-6,9-10H2. The number of nitrogens with zero attached hydrogens (tertiary/aromatic N) is 4. The van der Waals surface area contributed by atoms with Crippen molar-refractivity contribution in [3.63, 3.8) is 0 Å². The first kappa shape index (κ1) is 44.5. The van der Waals surface area contributed by atoms with E-state index in [0.29, 0.717) is 30.8 Å². The number of piperidine rings is 1. The zero-order valence-corrected chi connectivity index (χ0v) is 35.8. The monoisotopic (exact) mass is 831 g/mol. The van der Waals surface area contributed by atoms with Crippen molar-refractivity contribution in [1.29, 1.82) is 0 Å². The molecule has 2 heterocycles. The largest absolute Gasteiger partial charge is 0.465 e. The molecule has 2 aliphatic rings. The predicted octanol–water partition coefficient (Wildman–Crippen LogP) is 10.2. The molecule has 0 spiro atoms. The highest BCUT2D eigenvalue weighted by molar-refractivity contribution is 5.92. The number of carbonyl (C=O) groups is 3. The van der Waals surface area contributed by atoms with Crippen LogP contribution in [-0.2, 0) is 22.6 Å². The molecule has 0 bridgehead atoms. The van der Waals surface area contributed by atoms with Crippen molar-refractivity contribution in [3.8, 4) is 0 Å². The van der Waals surface area contributed by atoms with Crippen LogP contribution in [-0.4, -0.2) is 76.4 Å². The van der Waals surface area contributed by atoms with Crippen LogP contribution in [0.1, 0.15) is 51.1 Å². The zero-order valence-electron chi connectivity index (χ0n) is 35.8. The van der Waals surface area contributed by atoms with Gasteiger partial charge in [0.2, 0.25) is 0 Å². The molecule has 320 valence electrons. The van der Waals surface area contributed by atoms with Gasteiger partial charge in [-0.1, -0.05) is 97.1 Å². The van der Waals surface area contributed by atoms with E-state index in [2.05, 4.69) is 62.3 Å². The molecule has 6 aromatic rings. The van der Waals surface area contributed by atoms with Crippen LogP contribution in [0.25, 0.3) is 0 Å². The van der Waals surface area contributed by atoms with Gasteiger partial charge in [-0.3, -0.25) is 4.90 Å². The number of para-hydroxylation sites is 4. The average Bonchev–Trinajstić information content (AvgIpc) is 3.36. The number of benzene rings is 6. The molecule has 2 amide bonds. The third-order valence-corrected chi connectivity index (χ3v) is 10.8. The molecule has 10 heteroatoms. The molecule has 2 fully saturated rings. The quantitative estimate of drug-likeness (QED) is 0.136. The van der Waals surface area contributed by atoms with Crippen LogP contribution in [0.2, 0.25) is 0 Å². The van der Waals surface area contributed by atoms with Gasteiger partial charge in [0.05, 0.1) is 31.9 Å². The van der Waals surface area contributed by atoms with E-state index >= 15 is 0 Å². The number of hydrogen-bond donors (Lipinski definition) is 1. The van der Waals surface area contributed by atoms with E-state index in [1.807, 2.05) is 108 Å². The van der Waals surface area contributed by atoms with Crippen molar-refractivity contribution in [3.05, 3.63) is 192 Å². The molecule has 0 aliphatic carbocycles. The van der Waals surface area contributed by atoms with Gasteiger partial charge in [0.25, 0.3) is 0 Å². The number of piperazine rings is 1. The molecule has 8 rings (SSSR count). The minimum absolute atomic E-state index is 0.0130. The van der Waals surface area contributed by atoms with Crippen LogP contribution in [0, 0.1) is 0 Å². The van der Waals surface area contributed by atoms with Crippen molar-refractivity contribution < 1.29 is 23.9 Å². The zero-order chi connectivity index (χ0) is 43.4. The first-order valence-electron chi connectivity index (χ1n) is 21.3. The lowest BCUT2D eigenvalue weighted by atomic mass is 10.1. The summed E-state index contributed by atoms with van der Waals surface area (Å²) in [6, 6.07) is 55.2. The lowest BCUT2D eigenvalue weighted by Gasteiger charge is -2.38. The Kier molecular flexibility index (Phi) is 17.0. The Labute approximate surface area is 366 Å². The van der Waals surface area contributed by atoms with Crippen LogP contribution in [0.4, 0.5) is 27.5 Å². The molecule has 10 nitrogen and oxygen atoms in total. The summed E-state index contributed by atoms with van der Waals surface area (Å²) in [5.74, 6) is -0.679. The molecule has 62 heavy (non-hydrogen) atoms. The van der Waals surface area contributed by atoms with E-state index < -0.39 is 0 Å². The number of carbonyl (C=O) groups excluding carboxylic acids is 3. The Morgan fingerprint density at radius 2 is 0.935 bits per heavy atom. The highest BCUT2D eigenvalue weighted by Gasteiger charge is 2.26. The number of hydrogen-bond acceptors (Lipinski definition) is 8. The summed E-state index contributed by atoms with van der Waals surface area (Å²) in [5.41, 5.74) is 7.62. The van der Waals surface area contributed by atoms with Gasteiger partial charge in [0.15, 0.2) is 0 Å². The summed E-state index contributed by atoms with van der Waals surface area (Å²) >= 11 is 0. The fourth-order valence-corrected chi connectivity index (χ4v) is 7.32. The van der Waals surface area contributed by atoms with E-state index in [4.69, 9.17) is 4.74 Å². The van der Waals surface area contributed by atoms with Crippen molar-refractivity contribution in [2.24, 2.45) is 0 Å². The van der Waals surface area contributed by atoms with Crippen molar-refractivity contribution in [2.45, 2.75) is 32.4 Å². The van der Waals surface area contributed by atoms with Gasteiger partial charge in [-0.05, 0) is 103 Å². The van der Waals surface area contributed by atoms with Crippen LogP contribution in [0.15, 0.2) is 170 Å². The van der Waals surface area contributed by atoms with E-state index in [1.165, 1.54) is 57.9 Å². The average molecular weight is 832 g/mol. The lowest BCUT2D eigenvalue weighted by Crippen LogP contribution is -2.53. The molecule has 0 aromatic heterocycles. The van der Waals surface area contributed by atoms with E-state index in [1.54, 1.807) is 29.2 Å². The molecular formula is C52H57N5O5. The van der Waals surface area contributed by atoms with E-state index in [-0.39, 0.29) is 18.0 Å². The third-order valence-electron chi connectivity index (χ3n) is 10.8. The first-order chi connectivity index (χ1) is 30.4.